The molecule has 0 radical (unpaired) electrons. The first-order valence-electron chi connectivity index (χ1n) is 9.24. The van der Waals surface area contributed by atoms with E-state index in [1.54, 1.807) is 0 Å². The summed E-state index contributed by atoms with van der Waals surface area (Å²) < 4.78 is 12.2. The number of ether oxygens (including phenoxy) is 1. The molecule has 0 aromatic rings. The summed E-state index contributed by atoms with van der Waals surface area (Å²) in [4.78, 5) is 2.32. The van der Waals surface area contributed by atoms with E-state index in [0.717, 1.165) is 25.2 Å². The van der Waals surface area contributed by atoms with E-state index in [2.05, 4.69) is 72.8 Å². The van der Waals surface area contributed by atoms with Crippen molar-refractivity contribution in [2.45, 2.75) is 78.1 Å². The summed E-state index contributed by atoms with van der Waals surface area (Å²) in [6.45, 7) is 19.6. The number of allylic oxidation sites excluding steroid dienone is 1. The monoisotopic (exact) mass is 353 g/mol. The average Bonchev–Trinajstić information content (AvgIpc) is 2.69. The maximum absolute atomic E-state index is 6.37. The molecule has 3 nitrogen and oxygen atoms in total. The summed E-state index contributed by atoms with van der Waals surface area (Å²) in [6.07, 6.45) is 4.44. The Balaban J connectivity index is 2.80. The molecule has 4 heteroatoms. The van der Waals surface area contributed by atoms with Crippen molar-refractivity contribution in [3.05, 3.63) is 23.0 Å². The van der Waals surface area contributed by atoms with E-state index in [9.17, 15) is 0 Å². The highest BCUT2D eigenvalue weighted by atomic mass is 28.4. The van der Waals surface area contributed by atoms with Crippen LogP contribution >= 0.6 is 0 Å². The lowest BCUT2D eigenvalue weighted by molar-refractivity contribution is 0.199. The molecular weight excluding hydrogens is 314 g/mol. The van der Waals surface area contributed by atoms with Crippen LogP contribution in [0.25, 0.3) is 0 Å². The van der Waals surface area contributed by atoms with Gasteiger partial charge in [0.25, 0.3) is 0 Å². The Morgan fingerprint density at radius 3 is 2.21 bits per heavy atom. The van der Waals surface area contributed by atoms with Crippen molar-refractivity contribution in [3.8, 4) is 0 Å². The molecule has 1 rings (SSSR count). The van der Waals surface area contributed by atoms with Gasteiger partial charge >= 0.3 is 0 Å². The summed E-state index contributed by atoms with van der Waals surface area (Å²) in [5.41, 5.74) is 2.66. The molecule has 0 aromatic carbocycles. The van der Waals surface area contributed by atoms with Gasteiger partial charge in [-0.05, 0) is 83.1 Å². The molecule has 1 aliphatic carbocycles. The second-order valence-electron chi connectivity index (χ2n) is 8.72. The third-order valence-electron chi connectivity index (χ3n) is 6.02. The van der Waals surface area contributed by atoms with E-state index in [4.69, 9.17) is 9.16 Å². The molecule has 0 bridgehead atoms. The van der Waals surface area contributed by atoms with Crippen LogP contribution in [0.4, 0.5) is 0 Å². The fourth-order valence-corrected chi connectivity index (χ4v) is 4.17. The number of nitrogens with zero attached hydrogens (tertiary/aromatic N) is 1. The topological polar surface area (TPSA) is 21.7 Å². The quantitative estimate of drug-likeness (QED) is 0.433. The lowest BCUT2D eigenvalue weighted by atomic mass is 9.86. The lowest BCUT2D eigenvalue weighted by Gasteiger charge is -2.38. The van der Waals surface area contributed by atoms with Gasteiger partial charge in [-0.2, -0.15) is 0 Å². The number of rotatable bonds is 8. The van der Waals surface area contributed by atoms with E-state index < -0.39 is 8.32 Å². The average molecular weight is 354 g/mol. The van der Waals surface area contributed by atoms with Crippen LogP contribution in [-0.2, 0) is 9.16 Å². The van der Waals surface area contributed by atoms with Crippen LogP contribution in [0.15, 0.2) is 23.0 Å². The van der Waals surface area contributed by atoms with Crippen molar-refractivity contribution < 1.29 is 9.16 Å². The standard InChI is InChI=1S/C20H39NO2Si/c1-11-22-18-15-20(21(7)8,17(3)16(18)2)13-12-14-23-24(9,10)19(4,5)6/h15H,11-14H2,1-10H3. The van der Waals surface area contributed by atoms with Crippen molar-refractivity contribution in [3.63, 3.8) is 0 Å². The minimum atomic E-state index is -1.66. The van der Waals surface area contributed by atoms with Gasteiger partial charge in [-0.3, -0.25) is 4.90 Å². The molecule has 0 aromatic heterocycles. The Morgan fingerprint density at radius 1 is 1.17 bits per heavy atom. The summed E-state index contributed by atoms with van der Waals surface area (Å²) in [5.74, 6) is 1.05. The van der Waals surface area contributed by atoms with Crippen LogP contribution in [0, 0.1) is 0 Å². The fraction of sp³-hybridized carbons (Fsp3) is 0.800. The molecule has 0 saturated carbocycles. The van der Waals surface area contributed by atoms with Crippen molar-refractivity contribution in [2.75, 3.05) is 27.3 Å². The van der Waals surface area contributed by atoms with Gasteiger partial charge in [0.2, 0.25) is 0 Å². The first kappa shape index (κ1) is 21.5. The van der Waals surface area contributed by atoms with Crippen LogP contribution in [0.3, 0.4) is 0 Å². The zero-order chi connectivity index (χ0) is 18.8. The van der Waals surface area contributed by atoms with Crippen LogP contribution in [0.1, 0.15) is 54.4 Å². The lowest BCUT2D eigenvalue weighted by Crippen LogP contribution is -2.44. The molecule has 0 saturated heterocycles. The van der Waals surface area contributed by atoms with E-state index in [-0.39, 0.29) is 10.6 Å². The van der Waals surface area contributed by atoms with Gasteiger partial charge in [0.1, 0.15) is 5.76 Å². The predicted octanol–water partition coefficient (Wildman–Crippen LogP) is 5.36. The number of hydrogen-bond acceptors (Lipinski definition) is 3. The van der Waals surface area contributed by atoms with Crippen LogP contribution < -0.4 is 0 Å². The highest BCUT2D eigenvalue weighted by molar-refractivity contribution is 6.74. The maximum atomic E-state index is 6.37. The molecule has 24 heavy (non-hydrogen) atoms. The maximum Gasteiger partial charge on any atom is 0.191 e. The fourth-order valence-electron chi connectivity index (χ4n) is 3.08. The third kappa shape index (κ3) is 4.33. The second-order valence-corrected chi connectivity index (χ2v) is 13.5. The van der Waals surface area contributed by atoms with Crippen LogP contribution in [0.2, 0.25) is 18.1 Å². The Morgan fingerprint density at radius 2 is 1.75 bits per heavy atom. The molecule has 140 valence electrons. The summed E-state index contributed by atoms with van der Waals surface area (Å²) in [6, 6.07) is 0. The summed E-state index contributed by atoms with van der Waals surface area (Å²) in [7, 11) is 2.67. The molecule has 0 heterocycles. The van der Waals surface area contributed by atoms with Gasteiger partial charge in [0.15, 0.2) is 8.32 Å². The summed E-state index contributed by atoms with van der Waals surface area (Å²) >= 11 is 0. The zero-order valence-electron chi connectivity index (χ0n) is 17.7. The van der Waals surface area contributed by atoms with Gasteiger partial charge < -0.3 is 9.16 Å². The van der Waals surface area contributed by atoms with Crippen molar-refractivity contribution >= 4 is 8.32 Å². The van der Waals surface area contributed by atoms with E-state index in [1.165, 1.54) is 11.1 Å². The van der Waals surface area contributed by atoms with Gasteiger partial charge in [-0.15, -0.1) is 0 Å². The van der Waals surface area contributed by atoms with Gasteiger partial charge in [-0.25, -0.2) is 0 Å². The normalized spacial score (nSPS) is 22.4. The molecule has 0 aliphatic heterocycles. The molecule has 0 spiro atoms. The minimum absolute atomic E-state index is 0.0363. The number of likely N-dealkylation sites (N-methyl/N-ethyl adjacent to an activating group) is 1. The van der Waals surface area contributed by atoms with Gasteiger partial charge in [0, 0.05) is 6.61 Å². The van der Waals surface area contributed by atoms with E-state index >= 15 is 0 Å². The SMILES string of the molecule is CCOC1=CC(CCCO[Si](C)(C)C(C)(C)C)(N(C)C)C(C)=C1C. The van der Waals surface area contributed by atoms with Crippen LogP contribution in [-0.4, -0.2) is 46.1 Å². The first-order valence-corrected chi connectivity index (χ1v) is 12.1. The molecule has 1 aliphatic rings. The Bertz CT molecular complexity index is 500. The summed E-state index contributed by atoms with van der Waals surface area (Å²) in [5, 5.41) is 0.272. The molecule has 0 fully saturated rings. The highest BCUT2D eigenvalue weighted by Crippen LogP contribution is 2.41. The number of hydrogen-bond donors (Lipinski definition) is 0. The molecular formula is C20H39NO2Si. The molecule has 0 N–H and O–H groups in total. The smallest absolute Gasteiger partial charge is 0.191 e. The minimum Gasteiger partial charge on any atom is -0.494 e. The Kier molecular flexibility index (Phi) is 6.93. The predicted molar refractivity (Wildman–Crippen MR) is 107 cm³/mol. The van der Waals surface area contributed by atoms with Crippen molar-refractivity contribution in [2.24, 2.45) is 0 Å². The van der Waals surface area contributed by atoms with E-state index in [0.29, 0.717) is 6.61 Å². The highest BCUT2D eigenvalue weighted by Gasteiger charge is 2.40. The first-order chi connectivity index (χ1) is 10.9. The molecule has 1 unspecified atom stereocenters. The Hall–Kier alpha value is -0.583. The van der Waals surface area contributed by atoms with Crippen molar-refractivity contribution in [1.82, 2.24) is 4.90 Å². The Labute approximate surface area is 151 Å². The van der Waals surface area contributed by atoms with Gasteiger partial charge in [0.05, 0.1) is 12.1 Å². The second kappa shape index (κ2) is 7.75. The zero-order valence-corrected chi connectivity index (χ0v) is 18.7. The van der Waals surface area contributed by atoms with Gasteiger partial charge in [-0.1, -0.05) is 20.8 Å². The van der Waals surface area contributed by atoms with Crippen LogP contribution in [0.5, 0.6) is 0 Å². The third-order valence-corrected chi connectivity index (χ3v) is 10.6. The molecule has 1 atom stereocenters. The van der Waals surface area contributed by atoms with Crippen molar-refractivity contribution in [1.29, 1.82) is 0 Å². The molecule has 0 amide bonds. The van der Waals surface area contributed by atoms with E-state index in [1.807, 2.05) is 6.92 Å². The largest absolute Gasteiger partial charge is 0.494 e.